The van der Waals surface area contributed by atoms with Gasteiger partial charge in [-0.3, -0.25) is 4.90 Å². The van der Waals surface area contributed by atoms with Gasteiger partial charge in [0.05, 0.1) is 0 Å². The molecule has 2 unspecified atom stereocenters. The molecular formula is C16H25ClN2. The molecule has 106 valence electrons. The number of rotatable bonds is 5. The van der Waals surface area contributed by atoms with Crippen LogP contribution in [0.5, 0.6) is 0 Å². The smallest absolute Gasteiger partial charge is 0.0409 e. The standard InChI is InChI=1S/C16H25ClN2/c1-13(10-18)8-14-5-3-7-19(11-14)12-15-4-2-6-16(17)9-15/h2,4,6,9,13-14H,3,5,7-8,10-12,18H2,1H3. The maximum atomic E-state index is 6.05. The van der Waals surface area contributed by atoms with Crippen LogP contribution in [0.1, 0.15) is 31.7 Å². The lowest BCUT2D eigenvalue weighted by Crippen LogP contribution is -2.36. The molecule has 0 radical (unpaired) electrons. The van der Waals surface area contributed by atoms with Gasteiger partial charge >= 0.3 is 0 Å². The van der Waals surface area contributed by atoms with Crippen LogP contribution < -0.4 is 5.73 Å². The first-order valence-electron chi connectivity index (χ1n) is 7.34. The Balaban J connectivity index is 1.87. The summed E-state index contributed by atoms with van der Waals surface area (Å²) >= 11 is 6.05. The molecule has 1 saturated heterocycles. The normalized spacial score (nSPS) is 22.4. The zero-order valence-corrected chi connectivity index (χ0v) is 12.6. The third-order valence-electron chi connectivity index (χ3n) is 4.04. The zero-order valence-electron chi connectivity index (χ0n) is 11.8. The summed E-state index contributed by atoms with van der Waals surface area (Å²) in [5.41, 5.74) is 7.06. The van der Waals surface area contributed by atoms with Crippen LogP contribution in [-0.2, 0) is 6.54 Å². The number of nitrogens with zero attached hydrogens (tertiary/aromatic N) is 1. The summed E-state index contributed by atoms with van der Waals surface area (Å²) in [6.45, 7) is 6.51. The van der Waals surface area contributed by atoms with Gasteiger partial charge in [0.25, 0.3) is 0 Å². The Bertz CT molecular complexity index is 394. The highest BCUT2D eigenvalue weighted by Gasteiger charge is 2.21. The molecule has 1 aliphatic heterocycles. The second-order valence-electron chi connectivity index (χ2n) is 5.95. The summed E-state index contributed by atoms with van der Waals surface area (Å²) in [4.78, 5) is 2.56. The van der Waals surface area contributed by atoms with E-state index >= 15 is 0 Å². The van der Waals surface area contributed by atoms with Crippen LogP contribution in [-0.4, -0.2) is 24.5 Å². The predicted molar refractivity (Wildman–Crippen MR) is 82.3 cm³/mol. The average Bonchev–Trinajstić information content (AvgIpc) is 2.39. The fraction of sp³-hybridized carbons (Fsp3) is 0.625. The number of likely N-dealkylation sites (tertiary alicyclic amines) is 1. The second-order valence-corrected chi connectivity index (χ2v) is 6.39. The van der Waals surface area contributed by atoms with Crippen LogP contribution in [0.4, 0.5) is 0 Å². The fourth-order valence-electron chi connectivity index (χ4n) is 3.05. The van der Waals surface area contributed by atoms with Gasteiger partial charge in [-0.05, 0) is 61.9 Å². The minimum absolute atomic E-state index is 0.649. The van der Waals surface area contributed by atoms with E-state index in [0.717, 1.165) is 24.0 Å². The quantitative estimate of drug-likeness (QED) is 0.894. The van der Waals surface area contributed by atoms with Gasteiger partial charge in [-0.15, -0.1) is 0 Å². The van der Waals surface area contributed by atoms with E-state index in [0.29, 0.717) is 5.92 Å². The molecule has 2 rings (SSSR count). The van der Waals surface area contributed by atoms with E-state index in [1.807, 2.05) is 12.1 Å². The molecule has 0 spiro atoms. The minimum Gasteiger partial charge on any atom is -0.330 e. The molecule has 0 saturated carbocycles. The molecular weight excluding hydrogens is 256 g/mol. The largest absolute Gasteiger partial charge is 0.330 e. The van der Waals surface area contributed by atoms with E-state index in [-0.39, 0.29) is 0 Å². The molecule has 1 aromatic carbocycles. The summed E-state index contributed by atoms with van der Waals surface area (Å²) in [5.74, 6) is 1.46. The lowest BCUT2D eigenvalue weighted by Gasteiger charge is -2.34. The van der Waals surface area contributed by atoms with Crippen molar-refractivity contribution in [1.82, 2.24) is 4.90 Å². The van der Waals surface area contributed by atoms with Crippen molar-refractivity contribution in [1.29, 1.82) is 0 Å². The van der Waals surface area contributed by atoms with Gasteiger partial charge in [-0.2, -0.15) is 0 Å². The molecule has 2 N–H and O–H groups in total. The lowest BCUT2D eigenvalue weighted by molar-refractivity contribution is 0.152. The van der Waals surface area contributed by atoms with Gasteiger partial charge in [0, 0.05) is 18.1 Å². The highest BCUT2D eigenvalue weighted by molar-refractivity contribution is 6.30. The first kappa shape index (κ1) is 14.8. The van der Waals surface area contributed by atoms with E-state index in [1.165, 1.54) is 37.9 Å². The van der Waals surface area contributed by atoms with Crippen LogP contribution in [0.2, 0.25) is 5.02 Å². The molecule has 0 aromatic heterocycles. The van der Waals surface area contributed by atoms with Gasteiger partial charge in [0.15, 0.2) is 0 Å². The molecule has 2 nitrogen and oxygen atoms in total. The second kappa shape index (κ2) is 7.28. The molecule has 1 aliphatic rings. The summed E-state index contributed by atoms with van der Waals surface area (Å²) in [6.07, 6.45) is 3.93. The van der Waals surface area contributed by atoms with Gasteiger partial charge in [0.1, 0.15) is 0 Å². The van der Waals surface area contributed by atoms with Crippen molar-refractivity contribution in [3.05, 3.63) is 34.9 Å². The number of hydrogen-bond acceptors (Lipinski definition) is 2. The summed E-state index contributed by atoms with van der Waals surface area (Å²) in [7, 11) is 0. The molecule has 0 amide bonds. The number of nitrogens with two attached hydrogens (primary N) is 1. The molecule has 0 bridgehead atoms. The molecule has 1 heterocycles. The van der Waals surface area contributed by atoms with Crippen molar-refractivity contribution in [3.63, 3.8) is 0 Å². The Hall–Kier alpha value is -0.570. The maximum Gasteiger partial charge on any atom is 0.0409 e. The van der Waals surface area contributed by atoms with Crippen LogP contribution in [0.25, 0.3) is 0 Å². The van der Waals surface area contributed by atoms with Crippen molar-refractivity contribution in [2.24, 2.45) is 17.6 Å². The molecule has 1 fully saturated rings. The Kier molecular flexibility index (Phi) is 5.68. The summed E-state index contributed by atoms with van der Waals surface area (Å²) in [6, 6.07) is 8.22. The van der Waals surface area contributed by atoms with E-state index in [9.17, 15) is 0 Å². The molecule has 19 heavy (non-hydrogen) atoms. The van der Waals surface area contributed by atoms with E-state index < -0.39 is 0 Å². The highest BCUT2D eigenvalue weighted by atomic mass is 35.5. The molecule has 0 aliphatic carbocycles. The third kappa shape index (κ3) is 4.79. The monoisotopic (exact) mass is 280 g/mol. The van der Waals surface area contributed by atoms with Gasteiger partial charge in [-0.25, -0.2) is 0 Å². The molecule has 3 heteroatoms. The van der Waals surface area contributed by atoms with E-state index in [4.69, 9.17) is 17.3 Å². The van der Waals surface area contributed by atoms with Crippen LogP contribution in [0, 0.1) is 11.8 Å². The van der Waals surface area contributed by atoms with Crippen molar-refractivity contribution in [2.75, 3.05) is 19.6 Å². The Morgan fingerprint density at radius 3 is 3.05 bits per heavy atom. The molecule has 1 aromatic rings. The van der Waals surface area contributed by atoms with Crippen molar-refractivity contribution in [2.45, 2.75) is 32.7 Å². The van der Waals surface area contributed by atoms with Crippen LogP contribution in [0.3, 0.4) is 0 Å². The maximum absolute atomic E-state index is 6.05. The molecule has 2 atom stereocenters. The first-order chi connectivity index (χ1) is 9.17. The Morgan fingerprint density at radius 1 is 1.47 bits per heavy atom. The minimum atomic E-state index is 0.649. The number of piperidine rings is 1. The van der Waals surface area contributed by atoms with Gasteiger partial charge in [0.2, 0.25) is 0 Å². The first-order valence-corrected chi connectivity index (χ1v) is 7.72. The zero-order chi connectivity index (χ0) is 13.7. The highest BCUT2D eigenvalue weighted by Crippen LogP contribution is 2.24. The van der Waals surface area contributed by atoms with Crippen molar-refractivity contribution < 1.29 is 0 Å². The van der Waals surface area contributed by atoms with Crippen molar-refractivity contribution in [3.8, 4) is 0 Å². The van der Waals surface area contributed by atoms with E-state index in [1.54, 1.807) is 0 Å². The fourth-order valence-corrected chi connectivity index (χ4v) is 3.26. The Morgan fingerprint density at radius 2 is 2.32 bits per heavy atom. The topological polar surface area (TPSA) is 29.3 Å². The van der Waals surface area contributed by atoms with Gasteiger partial charge in [-0.1, -0.05) is 30.7 Å². The SMILES string of the molecule is CC(CN)CC1CCCN(Cc2cccc(Cl)c2)C1. The summed E-state index contributed by atoms with van der Waals surface area (Å²) in [5, 5.41) is 0.836. The Labute approximate surface area is 121 Å². The predicted octanol–water partition coefficient (Wildman–Crippen LogP) is 3.54. The van der Waals surface area contributed by atoms with Crippen LogP contribution >= 0.6 is 11.6 Å². The number of benzene rings is 1. The van der Waals surface area contributed by atoms with E-state index in [2.05, 4.69) is 24.0 Å². The van der Waals surface area contributed by atoms with Crippen molar-refractivity contribution >= 4 is 11.6 Å². The number of halogens is 1. The van der Waals surface area contributed by atoms with Gasteiger partial charge < -0.3 is 5.73 Å². The van der Waals surface area contributed by atoms with Crippen LogP contribution in [0.15, 0.2) is 24.3 Å². The summed E-state index contributed by atoms with van der Waals surface area (Å²) < 4.78 is 0. The third-order valence-corrected chi connectivity index (χ3v) is 4.27. The number of hydrogen-bond donors (Lipinski definition) is 1. The lowest BCUT2D eigenvalue weighted by atomic mass is 9.89. The average molecular weight is 281 g/mol.